The maximum absolute atomic E-state index is 14.0. The smallest absolute Gasteiger partial charge is 0.307 e. The number of nitrogens with zero attached hydrogens (tertiary/aromatic N) is 1. The molecule has 0 aromatic heterocycles. The zero-order valence-electron chi connectivity index (χ0n) is 32.8. The summed E-state index contributed by atoms with van der Waals surface area (Å²) in [6.07, 6.45) is 4.67. The molecule has 6 atom stereocenters. The Bertz CT molecular complexity index is 1820. The van der Waals surface area contributed by atoms with E-state index in [1.54, 1.807) is 0 Å². The minimum Gasteiger partial charge on any atom is -0.481 e. The average Bonchev–Trinajstić information content (AvgIpc) is 4.03. The van der Waals surface area contributed by atoms with Crippen LogP contribution in [0.15, 0.2) is 72.8 Å². The summed E-state index contributed by atoms with van der Waals surface area (Å²) in [6, 6.07) is 23.7. The summed E-state index contributed by atoms with van der Waals surface area (Å²) in [5.41, 5.74) is 5.63. The molecular weight excluding hydrogens is 723 g/mol. The molecule has 3 aliphatic rings. The number of amides is 1. The number of carbonyl (C=O) groups is 4. The third-order valence-corrected chi connectivity index (χ3v) is 12.3. The van der Waals surface area contributed by atoms with Gasteiger partial charge in [0.2, 0.25) is 5.91 Å². The van der Waals surface area contributed by atoms with Crippen molar-refractivity contribution in [2.75, 3.05) is 57.7 Å². The molecule has 0 spiro atoms. The van der Waals surface area contributed by atoms with Crippen LogP contribution in [0.3, 0.4) is 0 Å². The second-order valence-corrected chi connectivity index (χ2v) is 16.3. The van der Waals surface area contributed by atoms with Crippen molar-refractivity contribution in [3.8, 4) is 0 Å². The molecule has 6 rings (SSSR count). The molecule has 3 heterocycles. The van der Waals surface area contributed by atoms with Crippen molar-refractivity contribution in [1.29, 1.82) is 0 Å². The van der Waals surface area contributed by atoms with Gasteiger partial charge < -0.3 is 41.5 Å². The van der Waals surface area contributed by atoms with E-state index in [9.17, 15) is 34.5 Å². The molecule has 3 aliphatic heterocycles. The number of carboxylic acids is 3. The maximum Gasteiger partial charge on any atom is 0.307 e. The van der Waals surface area contributed by atoms with Crippen LogP contribution in [0.4, 0.5) is 5.69 Å². The number of aryl methyl sites for hydroxylation is 1. The average molecular weight is 782 g/mol. The van der Waals surface area contributed by atoms with E-state index < -0.39 is 35.7 Å². The van der Waals surface area contributed by atoms with E-state index in [4.69, 9.17) is 0 Å². The Morgan fingerprint density at radius 3 is 1.53 bits per heavy atom. The SMILES string of the molecule is O=C(O)[C@@H](Cc1cccc(CCC(=O)N(CCNc2cccc(C[C@H](C(=O)O)[C@H]3CCNC3)c2)Cc2cccc(C[C@H](C(=O)O)[C@H]3CCNC3)c2)c1)[C@H]1CCNC1. The lowest BCUT2D eigenvalue weighted by molar-refractivity contribution is -0.144. The molecule has 0 radical (unpaired) electrons. The largest absolute Gasteiger partial charge is 0.481 e. The van der Waals surface area contributed by atoms with Gasteiger partial charge in [-0.1, -0.05) is 60.7 Å². The predicted molar refractivity (Wildman–Crippen MR) is 219 cm³/mol. The summed E-state index contributed by atoms with van der Waals surface area (Å²) in [5, 5.41) is 43.3. The molecule has 306 valence electrons. The van der Waals surface area contributed by atoms with Gasteiger partial charge >= 0.3 is 17.9 Å². The van der Waals surface area contributed by atoms with Crippen LogP contribution in [0, 0.1) is 35.5 Å². The minimum atomic E-state index is -0.784. The Labute approximate surface area is 335 Å². The highest BCUT2D eigenvalue weighted by atomic mass is 16.4. The summed E-state index contributed by atoms with van der Waals surface area (Å²) in [6.45, 7) is 5.90. The molecule has 3 saturated heterocycles. The molecule has 0 bridgehead atoms. The fraction of sp³-hybridized carbons (Fsp3) is 0.511. The van der Waals surface area contributed by atoms with Gasteiger partial charge in [-0.15, -0.1) is 0 Å². The lowest BCUT2D eigenvalue weighted by atomic mass is 9.86. The van der Waals surface area contributed by atoms with E-state index in [-0.39, 0.29) is 30.1 Å². The number of carboxylic acid groups (broad SMARTS) is 3. The molecule has 3 aromatic rings. The van der Waals surface area contributed by atoms with Crippen LogP contribution in [0.2, 0.25) is 0 Å². The Morgan fingerprint density at radius 2 is 1.05 bits per heavy atom. The van der Waals surface area contributed by atoms with Gasteiger partial charge in [0, 0.05) is 31.7 Å². The van der Waals surface area contributed by atoms with Gasteiger partial charge in [0.05, 0.1) is 17.8 Å². The van der Waals surface area contributed by atoms with Crippen molar-refractivity contribution in [2.24, 2.45) is 35.5 Å². The third kappa shape index (κ3) is 12.1. The first-order valence-electron chi connectivity index (χ1n) is 20.7. The van der Waals surface area contributed by atoms with E-state index in [1.165, 1.54) is 0 Å². The lowest BCUT2D eigenvalue weighted by Crippen LogP contribution is -2.35. The topological polar surface area (TPSA) is 180 Å². The van der Waals surface area contributed by atoms with Crippen LogP contribution < -0.4 is 21.3 Å². The first-order valence-corrected chi connectivity index (χ1v) is 20.7. The number of nitrogens with one attached hydrogen (secondary N) is 4. The maximum atomic E-state index is 14.0. The van der Waals surface area contributed by atoms with Gasteiger partial charge in [-0.05, 0) is 142 Å². The van der Waals surface area contributed by atoms with Crippen molar-refractivity contribution < 1.29 is 34.5 Å². The number of hydrogen-bond donors (Lipinski definition) is 7. The molecule has 57 heavy (non-hydrogen) atoms. The zero-order valence-corrected chi connectivity index (χ0v) is 32.8. The first kappa shape index (κ1) is 41.8. The molecule has 1 amide bonds. The molecule has 12 heteroatoms. The summed E-state index contributed by atoms with van der Waals surface area (Å²) < 4.78 is 0. The highest BCUT2D eigenvalue weighted by Crippen LogP contribution is 2.27. The Balaban J connectivity index is 1.12. The quantitative estimate of drug-likeness (QED) is 0.0819. The van der Waals surface area contributed by atoms with E-state index in [1.807, 2.05) is 77.7 Å². The van der Waals surface area contributed by atoms with E-state index >= 15 is 0 Å². The number of anilines is 1. The highest BCUT2D eigenvalue weighted by Gasteiger charge is 2.33. The second-order valence-electron chi connectivity index (χ2n) is 16.3. The number of benzene rings is 3. The van der Waals surface area contributed by atoms with Crippen molar-refractivity contribution >= 4 is 29.5 Å². The minimum absolute atomic E-state index is 0.0169. The number of hydrogen-bond acceptors (Lipinski definition) is 8. The predicted octanol–water partition coefficient (Wildman–Crippen LogP) is 4.32. The van der Waals surface area contributed by atoms with E-state index in [2.05, 4.69) is 21.3 Å². The van der Waals surface area contributed by atoms with Crippen LogP contribution in [-0.2, 0) is 51.4 Å². The van der Waals surface area contributed by atoms with Crippen molar-refractivity contribution in [1.82, 2.24) is 20.9 Å². The molecule has 3 fully saturated rings. The summed E-state index contributed by atoms with van der Waals surface area (Å²) in [7, 11) is 0. The van der Waals surface area contributed by atoms with Crippen LogP contribution in [0.5, 0.6) is 0 Å². The van der Waals surface area contributed by atoms with Crippen molar-refractivity contribution in [3.63, 3.8) is 0 Å². The van der Waals surface area contributed by atoms with Crippen LogP contribution >= 0.6 is 0 Å². The number of rotatable bonds is 21. The van der Waals surface area contributed by atoms with Gasteiger partial charge in [-0.2, -0.15) is 0 Å². The highest BCUT2D eigenvalue weighted by molar-refractivity contribution is 5.76. The van der Waals surface area contributed by atoms with Crippen molar-refractivity contribution in [2.45, 2.75) is 57.9 Å². The van der Waals surface area contributed by atoms with Gasteiger partial charge in [0.1, 0.15) is 0 Å². The van der Waals surface area contributed by atoms with Crippen molar-refractivity contribution in [3.05, 3.63) is 101 Å². The molecule has 12 nitrogen and oxygen atoms in total. The van der Waals surface area contributed by atoms with E-state index in [0.29, 0.717) is 58.4 Å². The molecule has 0 aliphatic carbocycles. The molecule has 3 aromatic carbocycles. The van der Waals surface area contributed by atoms with Gasteiger partial charge in [-0.3, -0.25) is 19.2 Å². The Kier molecular flexibility index (Phi) is 15.1. The zero-order chi connectivity index (χ0) is 40.1. The van der Waals surface area contributed by atoms with E-state index in [0.717, 1.165) is 78.9 Å². The molecule has 0 unspecified atom stereocenters. The fourth-order valence-electron chi connectivity index (χ4n) is 9.02. The van der Waals surface area contributed by atoms with Gasteiger partial charge in [0.15, 0.2) is 0 Å². The van der Waals surface area contributed by atoms with Crippen LogP contribution in [0.1, 0.15) is 53.5 Å². The first-order chi connectivity index (χ1) is 27.6. The normalized spacial score (nSPS) is 20.8. The Hall–Kier alpha value is -4.78. The lowest BCUT2D eigenvalue weighted by Gasteiger charge is -2.25. The monoisotopic (exact) mass is 781 g/mol. The summed E-state index contributed by atoms with van der Waals surface area (Å²) >= 11 is 0. The third-order valence-electron chi connectivity index (χ3n) is 12.3. The van der Waals surface area contributed by atoms with Gasteiger partial charge in [0.25, 0.3) is 0 Å². The van der Waals surface area contributed by atoms with Gasteiger partial charge in [-0.25, -0.2) is 0 Å². The molecule has 7 N–H and O–H groups in total. The second kappa shape index (κ2) is 20.6. The number of carbonyl (C=O) groups excluding carboxylic acids is 1. The fourth-order valence-corrected chi connectivity index (χ4v) is 9.02. The Morgan fingerprint density at radius 1 is 0.614 bits per heavy atom. The molecular formula is C45H59N5O7. The standard InChI is InChI=1S/C45H59N5O7/c51-42(11-10-30-4-1-5-31(20-30)23-39(43(52)53)35-12-15-46-26-35)50(29-34-8-2-6-32(21-34)24-40(44(54)55)36-13-16-47-27-36)19-18-49-38-9-3-7-33(22-38)25-41(45(56)57)37-14-17-48-28-37/h1-9,20-22,35-37,39-41,46-49H,10-19,23-29H2,(H,52,53)(H,54,55)(H,56,57)/t35-,36-,37-,39-,40-,41-/m0/s1. The number of aliphatic carboxylic acids is 3. The summed E-state index contributed by atoms with van der Waals surface area (Å²) in [4.78, 5) is 52.4. The summed E-state index contributed by atoms with van der Waals surface area (Å²) in [5.74, 6) is -3.46. The van der Waals surface area contributed by atoms with Crippen LogP contribution in [-0.4, -0.2) is 96.4 Å². The van der Waals surface area contributed by atoms with Crippen LogP contribution in [0.25, 0.3) is 0 Å². The molecule has 0 saturated carbocycles.